The third kappa shape index (κ3) is 5.87. The van der Waals surface area contributed by atoms with Crippen LogP contribution < -0.4 is 10.2 Å². The monoisotopic (exact) mass is 357 g/mol. The number of carbonyl (C=O) groups is 1. The summed E-state index contributed by atoms with van der Waals surface area (Å²) in [7, 11) is 0. The van der Waals surface area contributed by atoms with Gasteiger partial charge in [0.15, 0.2) is 0 Å². The van der Waals surface area contributed by atoms with Crippen molar-refractivity contribution in [3.8, 4) is 0 Å². The lowest BCUT2D eigenvalue weighted by Crippen LogP contribution is -3.12. The van der Waals surface area contributed by atoms with Crippen molar-refractivity contribution in [3.05, 3.63) is 70.7 Å². The van der Waals surface area contributed by atoms with Crippen molar-refractivity contribution in [2.24, 2.45) is 0 Å². The van der Waals surface area contributed by atoms with E-state index in [-0.39, 0.29) is 5.91 Å². The van der Waals surface area contributed by atoms with Gasteiger partial charge in [0.25, 0.3) is 0 Å². The highest BCUT2D eigenvalue weighted by Gasteiger charge is 2.23. The highest BCUT2D eigenvalue weighted by Crippen LogP contribution is 2.09. The largest absolute Gasteiger partial charge is 0.353 e. The lowest BCUT2D eigenvalue weighted by Gasteiger charge is -2.29. The molecule has 2 aromatic carbocycles. The van der Waals surface area contributed by atoms with Crippen LogP contribution in [0.2, 0.25) is 5.02 Å². The average molecular weight is 358 g/mol. The van der Waals surface area contributed by atoms with Gasteiger partial charge < -0.3 is 10.2 Å². The van der Waals surface area contributed by atoms with Crippen LogP contribution in [0.15, 0.2) is 54.6 Å². The summed E-state index contributed by atoms with van der Waals surface area (Å²) in [6, 6.07) is 18.6. The molecule has 1 heterocycles. The van der Waals surface area contributed by atoms with E-state index in [2.05, 4.69) is 29.6 Å². The van der Waals surface area contributed by atoms with Crippen LogP contribution in [0.1, 0.15) is 30.4 Å². The molecule has 2 aromatic rings. The molecule has 1 aliphatic heterocycles. The van der Waals surface area contributed by atoms with Gasteiger partial charge in [-0.1, -0.05) is 54.1 Å². The number of hydrogen-bond donors (Lipinski definition) is 2. The molecule has 132 valence electrons. The summed E-state index contributed by atoms with van der Waals surface area (Å²) in [6.07, 6.45) is 3.50. The van der Waals surface area contributed by atoms with E-state index < -0.39 is 0 Å². The Balaban J connectivity index is 1.37. The zero-order valence-corrected chi connectivity index (χ0v) is 15.3. The summed E-state index contributed by atoms with van der Waals surface area (Å²) in [5, 5.41) is 4.00. The molecule has 0 aliphatic carbocycles. The maximum absolute atomic E-state index is 12.2. The molecule has 0 saturated carbocycles. The molecule has 0 bridgehead atoms. The zero-order valence-electron chi connectivity index (χ0n) is 14.5. The van der Waals surface area contributed by atoms with Crippen LogP contribution in [0.25, 0.3) is 0 Å². The number of hydrogen-bond acceptors (Lipinski definition) is 1. The summed E-state index contributed by atoms with van der Waals surface area (Å²) < 4.78 is 0. The summed E-state index contributed by atoms with van der Waals surface area (Å²) in [4.78, 5) is 13.7. The van der Waals surface area contributed by atoms with Crippen molar-refractivity contribution in [1.29, 1.82) is 0 Å². The number of piperidine rings is 1. The average Bonchev–Trinajstić information content (AvgIpc) is 2.64. The van der Waals surface area contributed by atoms with Gasteiger partial charge in [-0.3, -0.25) is 4.79 Å². The van der Waals surface area contributed by atoms with Gasteiger partial charge in [0.1, 0.15) is 6.54 Å². The van der Waals surface area contributed by atoms with Crippen LogP contribution in [-0.2, 0) is 17.8 Å². The molecule has 3 rings (SSSR count). The van der Waals surface area contributed by atoms with Crippen molar-refractivity contribution >= 4 is 17.5 Å². The van der Waals surface area contributed by atoms with E-state index in [9.17, 15) is 4.79 Å². The van der Waals surface area contributed by atoms with Crippen LogP contribution in [-0.4, -0.2) is 25.0 Å². The molecule has 1 fully saturated rings. The molecule has 3 nitrogen and oxygen atoms in total. The minimum Gasteiger partial charge on any atom is -0.353 e. The fraction of sp³-hybridized carbons (Fsp3) is 0.381. The number of nitrogens with one attached hydrogen (secondary N) is 2. The first-order valence-corrected chi connectivity index (χ1v) is 9.48. The third-order valence-electron chi connectivity index (χ3n) is 4.91. The Kier molecular flexibility index (Phi) is 6.48. The number of amides is 1. The van der Waals surface area contributed by atoms with Crippen molar-refractivity contribution in [2.45, 2.75) is 38.3 Å². The number of halogens is 1. The van der Waals surface area contributed by atoms with Crippen LogP contribution in [0, 0.1) is 0 Å². The third-order valence-corrected chi connectivity index (χ3v) is 5.16. The van der Waals surface area contributed by atoms with Crippen molar-refractivity contribution in [3.63, 3.8) is 0 Å². The number of likely N-dealkylation sites (tertiary alicyclic amines) is 1. The number of carbonyl (C=O) groups excluding carboxylic acids is 1. The Morgan fingerprint density at radius 3 is 2.36 bits per heavy atom. The molecule has 1 aliphatic rings. The molecule has 0 aromatic heterocycles. The normalized spacial score (nSPS) is 20.2. The maximum atomic E-state index is 12.2. The summed E-state index contributed by atoms with van der Waals surface area (Å²) in [5.74, 6) is 0.176. The first-order chi connectivity index (χ1) is 12.2. The molecule has 2 N–H and O–H groups in total. The number of aryl methyl sites for hydroxylation is 1. The molecule has 0 atom stereocenters. The van der Waals surface area contributed by atoms with Crippen LogP contribution in [0.4, 0.5) is 0 Å². The van der Waals surface area contributed by atoms with Gasteiger partial charge in [0.2, 0.25) is 5.91 Å². The van der Waals surface area contributed by atoms with Gasteiger partial charge in [-0.25, -0.2) is 0 Å². The Bertz CT molecular complexity index is 664. The van der Waals surface area contributed by atoms with Gasteiger partial charge in [-0.15, -0.1) is 0 Å². The van der Waals surface area contributed by atoms with E-state index >= 15 is 0 Å². The van der Waals surface area contributed by atoms with Crippen LogP contribution >= 0.6 is 11.6 Å². The number of benzene rings is 2. The van der Waals surface area contributed by atoms with E-state index in [4.69, 9.17) is 11.6 Å². The minimum atomic E-state index is 0.176. The van der Waals surface area contributed by atoms with Gasteiger partial charge in [0.05, 0.1) is 13.1 Å². The molecular weight excluding hydrogens is 332 g/mol. The predicted molar refractivity (Wildman–Crippen MR) is 102 cm³/mol. The highest BCUT2D eigenvalue weighted by molar-refractivity contribution is 6.30. The standard InChI is InChI=1S/C21H25ClN2O/c22-19-9-6-18(7-10-19)16-24-14-12-20(13-15-24)23-21(25)11-8-17-4-2-1-3-5-17/h1-7,9-10,20H,8,11-16H2,(H,23,25)/p+1. The molecule has 1 amide bonds. The topological polar surface area (TPSA) is 33.5 Å². The molecular formula is C21H26ClN2O+. The molecule has 25 heavy (non-hydrogen) atoms. The smallest absolute Gasteiger partial charge is 0.220 e. The maximum Gasteiger partial charge on any atom is 0.220 e. The fourth-order valence-electron chi connectivity index (χ4n) is 3.44. The number of rotatable bonds is 6. The Morgan fingerprint density at radius 2 is 1.68 bits per heavy atom. The van der Waals surface area contributed by atoms with E-state index in [1.807, 2.05) is 30.3 Å². The van der Waals surface area contributed by atoms with Gasteiger partial charge >= 0.3 is 0 Å². The van der Waals surface area contributed by atoms with Gasteiger partial charge in [-0.2, -0.15) is 0 Å². The van der Waals surface area contributed by atoms with Crippen molar-refractivity contribution in [2.75, 3.05) is 13.1 Å². The van der Waals surface area contributed by atoms with Crippen LogP contribution in [0.5, 0.6) is 0 Å². The Morgan fingerprint density at radius 1 is 1.00 bits per heavy atom. The van der Waals surface area contributed by atoms with Crippen molar-refractivity contribution in [1.82, 2.24) is 5.32 Å². The first kappa shape index (κ1) is 18.0. The Labute approximate surface area is 155 Å². The van der Waals surface area contributed by atoms with Gasteiger partial charge in [0, 0.05) is 35.9 Å². The Hall–Kier alpha value is -1.84. The SMILES string of the molecule is O=C(CCc1ccccc1)NC1CC[NH+](Cc2ccc(Cl)cc2)CC1. The van der Waals surface area contributed by atoms with Gasteiger partial charge in [-0.05, 0) is 24.1 Å². The second kappa shape index (κ2) is 9.02. The van der Waals surface area contributed by atoms with E-state index in [0.29, 0.717) is 12.5 Å². The molecule has 0 unspecified atom stereocenters. The lowest BCUT2D eigenvalue weighted by molar-refractivity contribution is -0.918. The molecule has 0 radical (unpaired) electrons. The van der Waals surface area contributed by atoms with Crippen molar-refractivity contribution < 1.29 is 9.69 Å². The zero-order chi connectivity index (χ0) is 17.5. The molecule has 4 heteroatoms. The van der Waals surface area contributed by atoms with E-state index in [1.54, 1.807) is 4.90 Å². The first-order valence-electron chi connectivity index (χ1n) is 9.10. The predicted octanol–water partition coefficient (Wildman–Crippen LogP) is 2.64. The second-order valence-corrected chi connectivity index (χ2v) is 7.32. The second-order valence-electron chi connectivity index (χ2n) is 6.88. The van der Waals surface area contributed by atoms with Crippen LogP contribution in [0.3, 0.4) is 0 Å². The summed E-state index contributed by atoms with van der Waals surface area (Å²) >= 11 is 5.94. The fourth-order valence-corrected chi connectivity index (χ4v) is 3.57. The summed E-state index contributed by atoms with van der Waals surface area (Å²) in [5.41, 5.74) is 2.55. The summed E-state index contributed by atoms with van der Waals surface area (Å²) in [6.45, 7) is 3.24. The molecule has 0 spiro atoms. The molecule has 1 saturated heterocycles. The highest BCUT2D eigenvalue weighted by atomic mass is 35.5. The van der Waals surface area contributed by atoms with E-state index in [0.717, 1.165) is 43.9 Å². The lowest BCUT2D eigenvalue weighted by atomic mass is 10.0. The number of quaternary nitrogens is 1. The minimum absolute atomic E-state index is 0.176. The van der Waals surface area contributed by atoms with E-state index in [1.165, 1.54) is 11.1 Å². The quantitative estimate of drug-likeness (QED) is 0.818.